The molecule has 0 spiro atoms. The number of hydrogen-bond donors (Lipinski definition) is 1. The molecular formula is C15H21F3N2O. The molecule has 2 atom stereocenters. The molecular weight excluding hydrogens is 281 g/mol. The van der Waals surface area contributed by atoms with Crippen LogP contribution in [-0.4, -0.2) is 36.9 Å². The lowest BCUT2D eigenvalue weighted by Crippen LogP contribution is -2.45. The first-order chi connectivity index (χ1) is 9.83. The summed E-state index contributed by atoms with van der Waals surface area (Å²) in [4.78, 5) is 2.32. The van der Waals surface area contributed by atoms with Crippen LogP contribution in [0.15, 0.2) is 24.3 Å². The highest BCUT2D eigenvalue weighted by Crippen LogP contribution is 2.23. The number of hydrogen-bond acceptors (Lipinski definition) is 3. The van der Waals surface area contributed by atoms with Crippen LogP contribution in [0.3, 0.4) is 0 Å². The molecule has 1 aromatic rings. The minimum atomic E-state index is -4.64. The summed E-state index contributed by atoms with van der Waals surface area (Å²) >= 11 is 0. The van der Waals surface area contributed by atoms with Crippen molar-refractivity contribution in [3.8, 4) is 5.75 Å². The molecule has 1 aliphatic rings. The second-order valence-electron chi connectivity index (χ2n) is 5.63. The largest absolute Gasteiger partial charge is 0.573 e. The molecule has 0 saturated carbocycles. The maximum Gasteiger partial charge on any atom is 0.573 e. The zero-order valence-electron chi connectivity index (χ0n) is 12.3. The lowest BCUT2D eigenvalue weighted by molar-refractivity contribution is -0.274. The van der Waals surface area contributed by atoms with Crippen molar-refractivity contribution in [1.29, 1.82) is 0 Å². The number of alkyl halides is 3. The fourth-order valence-corrected chi connectivity index (χ4v) is 2.59. The van der Waals surface area contributed by atoms with E-state index in [1.807, 2.05) is 0 Å². The van der Waals surface area contributed by atoms with Crippen LogP contribution in [0.4, 0.5) is 13.2 Å². The minimum Gasteiger partial charge on any atom is -0.406 e. The molecule has 118 valence electrons. The van der Waals surface area contributed by atoms with Crippen LogP contribution >= 0.6 is 0 Å². The highest BCUT2D eigenvalue weighted by molar-refractivity contribution is 5.28. The van der Waals surface area contributed by atoms with Crippen LogP contribution in [0.1, 0.15) is 25.3 Å². The maximum absolute atomic E-state index is 12.2. The predicted octanol–water partition coefficient (Wildman–Crippen LogP) is 3.16. The first-order valence-electron chi connectivity index (χ1n) is 7.12. The van der Waals surface area contributed by atoms with Crippen molar-refractivity contribution >= 4 is 0 Å². The summed E-state index contributed by atoms with van der Waals surface area (Å²) in [7, 11) is 2.11. The van der Waals surface area contributed by atoms with Crippen molar-refractivity contribution in [2.45, 2.75) is 44.8 Å². The fourth-order valence-electron chi connectivity index (χ4n) is 2.59. The van der Waals surface area contributed by atoms with E-state index in [2.05, 4.69) is 28.9 Å². The number of nitrogens with zero attached hydrogens (tertiary/aromatic N) is 1. The van der Waals surface area contributed by atoms with Gasteiger partial charge in [-0.3, -0.25) is 0 Å². The van der Waals surface area contributed by atoms with E-state index in [-0.39, 0.29) is 5.75 Å². The summed E-state index contributed by atoms with van der Waals surface area (Å²) in [5, 5.41) is 3.42. The average molecular weight is 302 g/mol. The van der Waals surface area contributed by atoms with Crippen molar-refractivity contribution in [3.05, 3.63) is 29.8 Å². The number of nitrogens with one attached hydrogen (secondary N) is 1. The van der Waals surface area contributed by atoms with E-state index < -0.39 is 6.36 Å². The molecule has 0 aliphatic carbocycles. The summed E-state index contributed by atoms with van der Waals surface area (Å²) in [5.41, 5.74) is 0.795. The lowest BCUT2D eigenvalue weighted by Gasteiger charge is -2.35. The molecule has 1 fully saturated rings. The van der Waals surface area contributed by atoms with E-state index in [1.54, 1.807) is 12.1 Å². The van der Waals surface area contributed by atoms with Gasteiger partial charge in [-0.1, -0.05) is 12.1 Å². The Morgan fingerprint density at radius 1 is 1.38 bits per heavy atom. The van der Waals surface area contributed by atoms with Gasteiger partial charge in [0.05, 0.1) is 0 Å². The molecule has 3 nitrogen and oxygen atoms in total. The number of ether oxygens (including phenoxy) is 1. The molecule has 0 radical (unpaired) electrons. The van der Waals surface area contributed by atoms with Crippen molar-refractivity contribution in [2.24, 2.45) is 0 Å². The van der Waals surface area contributed by atoms with E-state index in [0.29, 0.717) is 18.6 Å². The summed E-state index contributed by atoms with van der Waals surface area (Å²) in [6.07, 6.45) is -2.54. The first kappa shape index (κ1) is 16.1. The van der Waals surface area contributed by atoms with E-state index in [4.69, 9.17) is 0 Å². The first-order valence-corrected chi connectivity index (χ1v) is 7.12. The highest BCUT2D eigenvalue weighted by Gasteiger charge is 2.31. The molecule has 0 bridgehead atoms. The molecule has 1 aromatic carbocycles. The zero-order chi connectivity index (χ0) is 15.5. The Labute approximate surface area is 123 Å². The third kappa shape index (κ3) is 5.21. The van der Waals surface area contributed by atoms with Crippen LogP contribution in [-0.2, 0) is 6.54 Å². The van der Waals surface area contributed by atoms with Crippen molar-refractivity contribution in [2.75, 3.05) is 13.6 Å². The van der Waals surface area contributed by atoms with Gasteiger partial charge in [0.15, 0.2) is 0 Å². The topological polar surface area (TPSA) is 24.5 Å². The van der Waals surface area contributed by atoms with Gasteiger partial charge in [-0.15, -0.1) is 13.2 Å². The normalized spacial score (nSPS) is 24.0. The molecule has 1 N–H and O–H groups in total. The second-order valence-corrected chi connectivity index (χ2v) is 5.63. The smallest absolute Gasteiger partial charge is 0.406 e. The van der Waals surface area contributed by atoms with E-state index in [1.165, 1.54) is 12.1 Å². The Morgan fingerprint density at radius 3 is 2.81 bits per heavy atom. The highest BCUT2D eigenvalue weighted by atomic mass is 19.4. The Bertz CT molecular complexity index is 464. The Morgan fingerprint density at radius 2 is 2.14 bits per heavy atom. The van der Waals surface area contributed by atoms with Gasteiger partial charge in [0.1, 0.15) is 5.75 Å². The van der Waals surface area contributed by atoms with Gasteiger partial charge in [-0.05, 0) is 51.1 Å². The third-order valence-corrected chi connectivity index (χ3v) is 3.94. The van der Waals surface area contributed by atoms with Gasteiger partial charge in [0.2, 0.25) is 0 Å². The average Bonchev–Trinajstić information content (AvgIpc) is 2.39. The van der Waals surface area contributed by atoms with Crippen molar-refractivity contribution in [1.82, 2.24) is 10.2 Å². The number of halogens is 3. The second kappa shape index (κ2) is 6.66. The molecule has 1 heterocycles. The molecule has 6 heteroatoms. The molecule has 0 amide bonds. The van der Waals surface area contributed by atoms with Crippen molar-refractivity contribution < 1.29 is 17.9 Å². The van der Waals surface area contributed by atoms with Crippen molar-refractivity contribution in [3.63, 3.8) is 0 Å². The van der Waals surface area contributed by atoms with Crippen LogP contribution in [0.25, 0.3) is 0 Å². The van der Waals surface area contributed by atoms with Gasteiger partial charge in [-0.25, -0.2) is 0 Å². The molecule has 2 rings (SSSR count). The van der Waals surface area contributed by atoms with Crippen LogP contribution < -0.4 is 10.1 Å². The van der Waals surface area contributed by atoms with Gasteiger partial charge in [0.25, 0.3) is 0 Å². The van der Waals surface area contributed by atoms with Gasteiger partial charge >= 0.3 is 6.36 Å². The SMILES string of the molecule is CC1CC(NCc2cccc(OC(F)(F)F)c2)CCN1C. The molecule has 1 aliphatic heterocycles. The standard InChI is InChI=1S/C15H21F3N2O/c1-11-8-13(6-7-20(11)2)19-10-12-4-3-5-14(9-12)21-15(16,17)18/h3-5,9,11,13,19H,6-8,10H2,1-2H3. The van der Waals surface area contributed by atoms with E-state index >= 15 is 0 Å². The molecule has 1 saturated heterocycles. The van der Waals surface area contributed by atoms with Crippen LogP contribution in [0.2, 0.25) is 0 Å². The summed E-state index contributed by atoms with van der Waals surface area (Å²) in [6.45, 7) is 3.78. The monoisotopic (exact) mass is 302 g/mol. The van der Waals surface area contributed by atoms with Gasteiger partial charge < -0.3 is 15.0 Å². The number of benzene rings is 1. The summed E-state index contributed by atoms with van der Waals surface area (Å²) < 4.78 is 40.5. The van der Waals surface area contributed by atoms with Gasteiger partial charge in [-0.2, -0.15) is 0 Å². The Kier molecular flexibility index (Phi) is 5.11. The molecule has 21 heavy (non-hydrogen) atoms. The molecule has 0 aromatic heterocycles. The zero-order valence-corrected chi connectivity index (χ0v) is 12.3. The minimum absolute atomic E-state index is 0.168. The lowest BCUT2D eigenvalue weighted by atomic mass is 9.99. The number of piperidine rings is 1. The third-order valence-electron chi connectivity index (χ3n) is 3.94. The number of rotatable bonds is 4. The summed E-state index contributed by atoms with van der Waals surface area (Å²) in [6, 6.07) is 7.05. The van der Waals surface area contributed by atoms with E-state index in [0.717, 1.165) is 24.9 Å². The Hall–Kier alpha value is -1.27. The van der Waals surface area contributed by atoms with E-state index in [9.17, 15) is 13.2 Å². The molecule has 2 unspecified atom stereocenters. The Balaban J connectivity index is 1.87. The predicted molar refractivity (Wildman–Crippen MR) is 75.1 cm³/mol. The number of likely N-dealkylation sites (tertiary alicyclic amines) is 1. The van der Waals surface area contributed by atoms with Gasteiger partial charge in [0, 0.05) is 18.6 Å². The summed E-state index contributed by atoms with van der Waals surface area (Å²) in [5.74, 6) is -0.168. The maximum atomic E-state index is 12.2. The van der Waals surface area contributed by atoms with Crippen LogP contribution in [0, 0.1) is 0 Å². The fraction of sp³-hybridized carbons (Fsp3) is 0.600. The quantitative estimate of drug-likeness (QED) is 0.924. The van der Waals surface area contributed by atoms with Crippen LogP contribution in [0.5, 0.6) is 5.75 Å².